The van der Waals surface area contributed by atoms with E-state index in [1.807, 2.05) is 78.9 Å². The summed E-state index contributed by atoms with van der Waals surface area (Å²) in [7, 11) is 0. The molecule has 1 N–H and O–H groups in total. The third-order valence-corrected chi connectivity index (χ3v) is 4.35. The van der Waals surface area contributed by atoms with Gasteiger partial charge in [-0.1, -0.05) is 76.6 Å². The van der Waals surface area contributed by atoms with Crippen molar-refractivity contribution in [3.8, 4) is 16.9 Å². The topological polar surface area (TPSA) is 50.7 Å². The third kappa shape index (κ3) is 5.04. The van der Waals surface area contributed by atoms with Crippen molar-refractivity contribution in [1.82, 2.24) is 5.43 Å². The van der Waals surface area contributed by atoms with E-state index in [-0.39, 0.29) is 12.5 Å². The molecule has 0 bridgehead atoms. The smallest absolute Gasteiger partial charge is 0.277 e. The number of amides is 1. The molecule has 3 rings (SSSR count). The zero-order chi connectivity index (χ0) is 18.2. The lowest BCUT2D eigenvalue weighted by Gasteiger charge is -2.06. The number of hydrazone groups is 1. The summed E-state index contributed by atoms with van der Waals surface area (Å²) in [6, 6.07) is 25.3. The second-order valence-corrected chi connectivity index (χ2v) is 6.35. The highest BCUT2D eigenvalue weighted by atomic mass is 79.9. The number of ether oxygens (including phenoxy) is 1. The van der Waals surface area contributed by atoms with Gasteiger partial charge in [0.25, 0.3) is 5.91 Å². The van der Waals surface area contributed by atoms with Crippen LogP contribution in [0.15, 0.2) is 88.4 Å². The highest BCUT2D eigenvalue weighted by Gasteiger charge is 2.03. The van der Waals surface area contributed by atoms with Crippen molar-refractivity contribution in [2.24, 2.45) is 5.10 Å². The van der Waals surface area contributed by atoms with Gasteiger partial charge in [0.1, 0.15) is 5.75 Å². The summed E-state index contributed by atoms with van der Waals surface area (Å²) in [5.74, 6) is 0.315. The van der Waals surface area contributed by atoms with Crippen molar-refractivity contribution in [1.29, 1.82) is 0 Å². The summed E-state index contributed by atoms with van der Waals surface area (Å²) in [6.07, 6.45) is 1.58. The van der Waals surface area contributed by atoms with Gasteiger partial charge in [0.15, 0.2) is 6.61 Å². The first kappa shape index (κ1) is 17.9. The van der Waals surface area contributed by atoms with Crippen molar-refractivity contribution < 1.29 is 9.53 Å². The molecule has 5 heteroatoms. The van der Waals surface area contributed by atoms with E-state index in [4.69, 9.17) is 4.74 Å². The molecule has 0 aliphatic heterocycles. The molecule has 0 saturated heterocycles. The highest BCUT2D eigenvalue weighted by molar-refractivity contribution is 9.10. The van der Waals surface area contributed by atoms with Crippen LogP contribution >= 0.6 is 15.9 Å². The summed E-state index contributed by atoms with van der Waals surface area (Å²) in [5.41, 5.74) is 5.57. The maximum Gasteiger partial charge on any atom is 0.277 e. The molecule has 130 valence electrons. The molecule has 26 heavy (non-hydrogen) atoms. The second kappa shape index (κ2) is 8.97. The fraction of sp³-hybridized carbons (Fsp3) is 0.0476. The van der Waals surface area contributed by atoms with Crippen LogP contribution < -0.4 is 10.2 Å². The van der Waals surface area contributed by atoms with Crippen molar-refractivity contribution in [3.63, 3.8) is 0 Å². The molecule has 0 aromatic heterocycles. The average molecular weight is 409 g/mol. The monoisotopic (exact) mass is 408 g/mol. The van der Waals surface area contributed by atoms with Crippen LogP contribution in [0, 0.1) is 0 Å². The van der Waals surface area contributed by atoms with Crippen LogP contribution in [0.1, 0.15) is 5.56 Å². The zero-order valence-electron chi connectivity index (χ0n) is 13.9. The molecule has 0 unspecified atom stereocenters. The number of hydrogen-bond acceptors (Lipinski definition) is 3. The number of nitrogens with one attached hydrogen (secondary N) is 1. The van der Waals surface area contributed by atoms with Gasteiger partial charge in [-0.3, -0.25) is 4.79 Å². The van der Waals surface area contributed by atoms with Gasteiger partial charge >= 0.3 is 0 Å². The van der Waals surface area contributed by atoms with Crippen LogP contribution in [0.25, 0.3) is 11.1 Å². The molecule has 1 amide bonds. The maximum atomic E-state index is 11.8. The van der Waals surface area contributed by atoms with E-state index in [2.05, 4.69) is 26.5 Å². The van der Waals surface area contributed by atoms with Gasteiger partial charge in [0, 0.05) is 10.0 Å². The van der Waals surface area contributed by atoms with E-state index in [9.17, 15) is 4.79 Å². The summed E-state index contributed by atoms with van der Waals surface area (Å²) < 4.78 is 6.40. The first-order valence-electron chi connectivity index (χ1n) is 8.07. The van der Waals surface area contributed by atoms with Crippen LogP contribution in [0.3, 0.4) is 0 Å². The minimum Gasteiger partial charge on any atom is -0.484 e. The third-order valence-electron chi connectivity index (χ3n) is 3.63. The quantitative estimate of drug-likeness (QED) is 0.476. The van der Waals surface area contributed by atoms with E-state index < -0.39 is 0 Å². The van der Waals surface area contributed by atoms with Crippen molar-refractivity contribution in [2.75, 3.05) is 6.61 Å². The van der Waals surface area contributed by atoms with Crippen molar-refractivity contribution in [3.05, 3.63) is 88.9 Å². The molecule has 0 fully saturated rings. The lowest BCUT2D eigenvalue weighted by molar-refractivity contribution is -0.123. The van der Waals surface area contributed by atoms with Gasteiger partial charge in [0.2, 0.25) is 0 Å². The van der Waals surface area contributed by atoms with Crippen LogP contribution in [0.2, 0.25) is 0 Å². The van der Waals surface area contributed by atoms with E-state index in [1.54, 1.807) is 6.21 Å². The lowest BCUT2D eigenvalue weighted by atomic mass is 10.1. The van der Waals surface area contributed by atoms with E-state index in [0.717, 1.165) is 21.2 Å². The maximum absolute atomic E-state index is 11.8. The van der Waals surface area contributed by atoms with Gasteiger partial charge in [-0.25, -0.2) is 5.43 Å². The van der Waals surface area contributed by atoms with Crippen molar-refractivity contribution in [2.45, 2.75) is 0 Å². The fourth-order valence-corrected chi connectivity index (χ4v) is 2.70. The highest BCUT2D eigenvalue weighted by Crippen LogP contribution is 2.21. The standard InChI is InChI=1S/C21H17BrN2O2/c22-20-9-5-4-8-18(20)14-23-24-21(25)15-26-19-12-10-17(11-13-19)16-6-2-1-3-7-16/h1-14H,15H2,(H,24,25)/b23-14-. The molecular formula is C21H17BrN2O2. The molecule has 0 aliphatic carbocycles. The Labute approximate surface area is 160 Å². The molecule has 0 radical (unpaired) electrons. The second-order valence-electron chi connectivity index (χ2n) is 5.49. The molecular weight excluding hydrogens is 392 g/mol. The Kier molecular flexibility index (Phi) is 6.17. The molecule has 4 nitrogen and oxygen atoms in total. The normalized spacial score (nSPS) is 10.7. The van der Waals surface area contributed by atoms with E-state index >= 15 is 0 Å². The number of benzene rings is 3. The summed E-state index contributed by atoms with van der Waals surface area (Å²) in [5, 5.41) is 3.93. The first-order valence-corrected chi connectivity index (χ1v) is 8.86. The van der Waals surface area contributed by atoms with Gasteiger partial charge in [-0.15, -0.1) is 0 Å². The fourth-order valence-electron chi connectivity index (χ4n) is 2.31. The summed E-state index contributed by atoms with van der Waals surface area (Å²) >= 11 is 3.42. The van der Waals surface area contributed by atoms with E-state index in [0.29, 0.717) is 5.75 Å². The van der Waals surface area contributed by atoms with Gasteiger partial charge < -0.3 is 4.74 Å². The predicted molar refractivity (Wildman–Crippen MR) is 107 cm³/mol. The van der Waals surface area contributed by atoms with Gasteiger partial charge in [-0.05, 0) is 29.3 Å². The van der Waals surface area contributed by atoms with E-state index in [1.165, 1.54) is 0 Å². The number of hydrogen-bond donors (Lipinski definition) is 1. The Hall–Kier alpha value is -2.92. The summed E-state index contributed by atoms with van der Waals surface area (Å²) in [4.78, 5) is 11.8. The molecule has 3 aromatic rings. The van der Waals surface area contributed by atoms with Crippen LogP contribution in [0.4, 0.5) is 0 Å². The van der Waals surface area contributed by atoms with Gasteiger partial charge in [-0.2, -0.15) is 5.10 Å². The Morgan fingerprint density at radius 2 is 1.58 bits per heavy atom. The van der Waals surface area contributed by atoms with Gasteiger partial charge in [0.05, 0.1) is 6.21 Å². The van der Waals surface area contributed by atoms with Crippen LogP contribution in [-0.4, -0.2) is 18.7 Å². The zero-order valence-corrected chi connectivity index (χ0v) is 15.5. The number of nitrogens with zero attached hydrogens (tertiary/aromatic N) is 1. The predicted octanol–water partition coefficient (Wildman–Crippen LogP) is 4.65. The Morgan fingerprint density at radius 1 is 0.923 bits per heavy atom. The molecule has 3 aromatic carbocycles. The number of halogens is 1. The Morgan fingerprint density at radius 3 is 2.31 bits per heavy atom. The minimum atomic E-state index is -0.319. The SMILES string of the molecule is O=C(COc1ccc(-c2ccccc2)cc1)N/N=C\c1ccccc1Br. The molecule has 0 atom stereocenters. The van der Waals surface area contributed by atoms with Crippen LogP contribution in [-0.2, 0) is 4.79 Å². The average Bonchev–Trinajstić information content (AvgIpc) is 2.69. The summed E-state index contributed by atoms with van der Waals surface area (Å²) in [6.45, 7) is -0.0992. The molecule has 0 saturated carbocycles. The first-order chi connectivity index (χ1) is 12.7. The number of carbonyl (C=O) groups excluding carboxylic acids is 1. The largest absolute Gasteiger partial charge is 0.484 e. The number of rotatable bonds is 6. The lowest BCUT2D eigenvalue weighted by Crippen LogP contribution is -2.24. The molecule has 0 heterocycles. The Bertz CT molecular complexity index is 893. The molecule has 0 spiro atoms. The number of carbonyl (C=O) groups is 1. The van der Waals surface area contributed by atoms with Crippen molar-refractivity contribution >= 4 is 28.1 Å². The Balaban J connectivity index is 1.49. The van der Waals surface area contributed by atoms with Crippen LogP contribution in [0.5, 0.6) is 5.75 Å². The minimum absolute atomic E-state index is 0.0992. The molecule has 0 aliphatic rings.